The number of hydrogen-bond donors (Lipinski definition) is 1. The molecular formula is C20H24ClNO. The molecule has 0 aromatic heterocycles. The zero-order chi connectivity index (χ0) is 15.4. The molecule has 1 N–H and O–H groups in total. The second kappa shape index (κ2) is 7.76. The van der Waals surface area contributed by atoms with E-state index in [1.54, 1.807) is 0 Å². The molecule has 0 saturated carbocycles. The van der Waals surface area contributed by atoms with E-state index in [1.807, 2.05) is 36.4 Å². The highest BCUT2D eigenvalue weighted by Gasteiger charge is 2.43. The smallest absolute Gasteiger partial charge is 0.173 e. The summed E-state index contributed by atoms with van der Waals surface area (Å²) in [6, 6.07) is 18.4. The monoisotopic (exact) mass is 329 g/mol. The second-order valence-electron chi connectivity index (χ2n) is 6.04. The lowest BCUT2D eigenvalue weighted by molar-refractivity contribution is 0.0849. The van der Waals surface area contributed by atoms with Crippen LogP contribution in [0, 0.1) is 0 Å². The Morgan fingerprint density at radius 1 is 1.04 bits per heavy atom. The van der Waals surface area contributed by atoms with E-state index in [0.717, 1.165) is 43.5 Å². The summed E-state index contributed by atoms with van der Waals surface area (Å²) in [6.07, 6.45) is 2.74. The van der Waals surface area contributed by atoms with Crippen LogP contribution in [0.5, 0.6) is 0 Å². The molecule has 0 fully saturated rings. The maximum absolute atomic E-state index is 13.3. The molecular weight excluding hydrogens is 306 g/mol. The van der Waals surface area contributed by atoms with Crippen LogP contribution in [-0.2, 0) is 11.8 Å². The van der Waals surface area contributed by atoms with E-state index in [1.165, 1.54) is 5.56 Å². The summed E-state index contributed by atoms with van der Waals surface area (Å²) >= 11 is 0. The van der Waals surface area contributed by atoms with Gasteiger partial charge < -0.3 is 5.32 Å². The van der Waals surface area contributed by atoms with E-state index >= 15 is 0 Å². The highest BCUT2D eigenvalue weighted by Crippen LogP contribution is 2.40. The fraction of sp³-hybridized carbons (Fsp3) is 0.350. The Morgan fingerprint density at radius 3 is 2.48 bits per heavy atom. The molecule has 1 aliphatic carbocycles. The van der Waals surface area contributed by atoms with E-state index in [-0.39, 0.29) is 17.8 Å². The Kier molecular flexibility index (Phi) is 5.97. The van der Waals surface area contributed by atoms with Crippen molar-refractivity contribution in [3.63, 3.8) is 0 Å². The maximum Gasteiger partial charge on any atom is 0.173 e. The van der Waals surface area contributed by atoms with Gasteiger partial charge in [0.05, 0.1) is 5.41 Å². The SMILES string of the molecule is CCNCCC1(c2ccccc2)CCc2ccccc2C1=O.Cl. The van der Waals surface area contributed by atoms with Crippen molar-refractivity contribution >= 4 is 18.2 Å². The summed E-state index contributed by atoms with van der Waals surface area (Å²) in [5.74, 6) is 0.290. The van der Waals surface area contributed by atoms with Gasteiger partial charge in [0.2, 0.25) is 0 Å². The van der Waals surface area contributed by atoms with Gasteiger partial charge in [-0.15, -0.1) is 12.4 Å². The number of fused-ring (bicyclic) bond motifs is 1. The zero-order valence-electron chi connectivity index (χ0n) is 13.5. The molecule has 23 heavy (non-hydrogen) atoms. The minimum absolute atomic E-state index is 0. The Balaban J connectivity index is 0.00000192. The van der Waals surface area contributed by atoms with Gasteiger partial charge in [-0.25, -0.2) is 0 Å². The van der Waals surface area contributed by atoms with Gasteiger partial charge in [0.25, 0.3) is 0 Å². The number of carbonyl (C=O) groups excluding carboxylic acids is 1. The van der Waals surface area contributed by atoms with Crippen molar-refractivity contribution in [3.05, 3.63) is 71.3 Å². The molecule has 1 aliphatic rings. The van der Waals surface area contributed by atoms with Crippen LogP contribution in [0.1, 0.15) is 41.3 Å². The lowest BCUT2D eigenvalue weighted by atomic mass is 9.65. The molecule has 2 aromatic rings. The van der Waals surface area contributed by atoms with Gasteiger partial charge in [0, 0.05) is 5.56 Å². The molecule has 0 spiro atoms. The summed E-state index contributed by atoms with van der Waals surface area (Å²) in [4.78, 5) is 13.3. The van der Waals surface area contributed by atoms with Gasteiger partial charge in [-0.2, -0.15) is 0 Å². The summed E-state index contributed by atoms with van der Waals surface area (Å²) in [7, 11) is 0. The molecule has 1 atom stereocenters. The molecule has 2 nitrogen and oxygen atoms in total. The van der Waals surface area contributed by atoms with Crippen molar-refractivity contribution < 1.29 is 4.79 Å². The molecule has 3 rings (SSSR count). The molecule has 2 aromatic carbocycles. The lowest BCUT2D eigenvalue weighted by Crippen LogP contribution is -2.42. The topological polar surface area (TPSA) is 29.1 Å². The van der Waals surface area contributed by atoms with E-state index in [4.69, 9.17) is 0 Å². The van der Waals surface area contributed by atoms with Crippen LogP contribution >= 0.6 is 12.4 Å². The molecule has 0 radical (unpaired) electrons. The van der Waals surface area contributed by atoms with Crippen LogP contribution in [0.3, 0.4) is 0 Å². The summed E-state index contributed by atoms with van der Waals surface area (Å²) in [5.41, 5.74) is 2.89. The van der Waals surface area contributed by atoms with Crippen LogP contribution in [-0.4, -0.2) is 18.9 Å². The number of Topliss-reactive ketones (excluding diaryl/α,β-unsaturated/α-hetero) is 1. The van der Waals surface area contributed by atoms with Gasteiger partial charge >= 0.3 is 0 Å². The molecule has 0 saturated heterocycles. The fourth-order valence-corrected chi connectivity index (χ4v) is 3.57. The predicted molar refractivity (Wildman–Crippen MR) is 97.6 cm³/mol. The Bertz CT molecular complexity index is 656. The quantitative estimate of drug-likeness (QED) is 0.834. The molecule has 3 heteroatoms. The molecule has 0 heterocycles. The van der Waals surface area contributed by atoms with Gasteiger partial charge in [-0.05, 0) is 43.5 Å². The molecule has 0 aliphatic heterocycles. The first-order chi connectivity index (χ1) is 10.8. The Morgan fingerprint density at radius 2 is 1.74 bits per heavy atom. The first-order valence-electron chi connectivity index (χ1n) is 8.17. The maximum atomic E-state index is 13.3. The van der Waals surface area contributed by atoms with Crippen LogP contribution in [0.25, 0.3) is 0 Å². The van der Waals surface area contributed by atoms with Gasteiger partial charge in [-0.1, -0.05) is 61.5 Å². The molecule has 0 amide bonds. The van der Waals surface area contributed by atoms with Crippen molar-refractivity contribution in [1.29, 1.82) is 0 Å². The number of carbonyl (C=O) groups is 1. The number of nitrogens with one attached hydrogen (secondary N) is 1. The predicted octanol–water partition coefficient (Wildman–Crippen LogP) is 4.17. The standard InChI is InChI=1S/C20H23NO.ClH/c1-2-21-15-14-20(17-9-4-3-5-10-17)13-12-16-8-6-7-11-18(16)19(20)22;/h3-11,21H,2,12-15H2,1H3;1H. The van der Waals surface area contributed by atoms with Crippen LogP contribution in [0.2, 0.25) is 0 Å². The van der Waals surface area contributed by atoms with Crippen molar-refractivity contribution in [1.82, 2.24) is 5.32 Å². The minimum atomic E-state index is -0.377. The third-order valence-electron chi connectivity index (χ3n) is 4.82. The normalized spacial score (nSPS) is 19.8. The molecule has 1 unspecified atom stereocenters. The Hall–Kier alpha value is -1.64. The third kappa shape index (κ3) is 3.34. The van der Waals surface area contributed by atoms with Gasteiger partial charge in [-0.3, -0.25) is 4.79 Å². The van der Waals surface area contributed by atoms with E-state index in [9.17, 15) is 4.79 Å². The van der Waals surface area contributed by atoms with Crippen molar-refractivity contribution in [2.45, 2.75) is 31.6 Å². The van der Waals surface area contributed by atoms with Crippen LogP contribution < -0.4 is 5.32 Å². The Labute approximate surface area is 144 Å². The summed E-state index contributed by atoms with van der Waals surface area (Å²) in [6.45, 7) is 3.92. The summed E-state index contributed by atoms with van der Waals surface area (Å²) < 4.78 is 0. The van der Waals surface area contributed by atoms with Crippen LogP contribution in [0.15, 0.2) is 54.6 Å². The van der Waals surface area contributed by atoms with Crippen LogP contribution in [0.4, 0.5) is 0 Å². The van der Waals surface area contributed by atoms with E-state index in [2.05, 4.69) is 30.4 Å². The van der Waals surface area contributed by atoms with Gasteiger partial charge in [0.15, 0.2) is 5.78 Å². The minimum Gasteiger partial charge on any atom is -0.317 e. The summed E-state index contributed by atoms with van der Waals surface area (Å²) in [5, 5.41) is 3.38. The fourth-order valence-electron chi connectivity index (χ4n) is 3.57. The highest BCUT2D eigenvalue weighted by molar-refractivity contribution is 6.06. The number of ketones is 1. The average molecular weight is 330 g/mol. The largest absolute Gasteiger partial charge is 0.317 e. The second-order valence-corrected chi connectivity index (χ2v) is 6.04. The van der Waals surface area contributed by atoms with Gasteiger partial charge in [0.1, 0.15) is 0 Å². The average Bonchev–Trinajstić information content (AvgIpc) is 2.58. The zero-order valence-corrected chi connectivity index (χ0v) is 14.4. The lowest BCUT2D eigenvalue weighted by Gasteiger charge is -2.37. The first-order valence-corrected chi connectivity index (χ1v) is 8.17. The number of aryl methyl sites for hydroxylation is 1. The van der Waals surface area contributed by atoms with Crippen molar-refractivity contribution in [3.8, 4) is 0 Å². The van der Waals surface area contributed by atoms with Crippen molar-refractivity contribution in [2.75, 3.05) is 13.1 Å². The number of benzene rings is 2. The molecule has 122 valence electrons. The van der Waals surface area contributed by atoms with E-state index < -0.39 is 0 Å². The highest BCUT2D eigenvalue weighted by atomic mass is 35.5. The number of rotatable bonds is 5. The number of hydrogen-bond acceptors (Lipinski definition) is 2. The number of halogens is 1. The first kappa shape index (κ1) is 17.7. The third-order valence-corrected chi connectivity index (χ3v) is 4.82. The molecule has 0 bridgehead atoms. The van der Waals surface area contributed by atoms with E-state index in [0.29, 0.717) is 5.78 Å². The van der Waals surface area contributed by atoms with Crippen molar-refractivity contribution in [2.24, 2.45) is 0 Å².